The summed E-state index contributed by atoms with van der Waals surface area (Å²) in [4.78, 5) is 24.2. The fraction of sp³-hybridized carbons (Fsp3) is 0.556. The number of hydrogen-bond donors (Lipinski definition) is 3. The van der Waals surface area contributed by atoms with Crippen LogP contribution in [-0.4, -0.2) is 54.0 Å². The maximum atomic E-state index is 11.3. The van der Waals surface area contributed by atoms with Gasteiger partial charge in [0.1, 0.15) is 0 Å². The van der Waals surface area contributed by atoms with Gasteiger partial charge in [-0.05, 0) is 27.1 Å². The highest BCUT2D eigenvalue weighted by molar-refractivity contribution is 6.17. The predicted octanol–water partition coefficient (Wildman–Crippen LogP) is -1.46. The molecule has 1 aliphatic rings. The second-order valence-electron chi connectivity index (χ2n) is 3.83. The summed E-state index contributed by atoms with van der Waals surface area (Å²) in [5, 5.41) is 12.4. The van der Waals surface area contributed by atoms with E-state index in [2.05, 4.69) is 0 Å². The first-order chi connectivity index (χ1) is 7.43. The Morgan fingerprint density at radius 1 is 1.25 bits per heavy atom. The molecule has 7 nitrogen and oxygen atoms in total. The van der Waals surface area contributed by atoms with E-state index in [0.717, 1.165) is 18.0 Å². The fourth-order valence-corrected chi connectivity index (χ4v) is 1.37. The number of amides is 2. The number of rotatable bonds is 5. The van der Waals surface area contributed by atoms with Crippen LogP contribution in [0.1, 0.15) is 6.42 Å². The standard InChI is InChI=1S/C9H16N4O3/c1-12(2)4-3-5-13(10)6-7(14)9(16)11-8(6)15/h3-5,10H2,1-2H3,(H2,11,14,15,16). The summed E-state index contributed by atoms with van der Waals surface area (Å²) in [6.07, 6.45) is 0.724. The molecule has 1 aliphatic heterocycles. The highest BCUT2D eigenvalue weighted by atomic mass is 16.3. The van der Waals surface area contributed by atoms with E-state index in [9.17, 15) is 14.7 Å². The van der Waals surface area contributed by atoms with Crippen molar-refractivity contribution in [3.63, 3.8) is 0 Å². The van der Waals surface area contributed by atoms with Crippen LogP contribution in [0.15, 0.2) is 11.5 Å². The van der Waals surface area contributed by atoms with Gasteiger partial charge in [-0.3, -0.25) is 14.9 Å². The molecule has 2 amide bonds. The van der Waals surface area contributed by atoms with Crippen molar-refractivity contribution >= 4 is 11.8 Å². The van der Waals surface area contributed by atoms with Gasteiger partial charge in [0, 0.05) is 6.54 Å². The number of aliphatic hydroxyl groups excluding tert-OH is 1. The molecule has 0 fully saturated rings. The number of nitrogens with one attached hydrogen (secondary N) is 1. The van der Waals surface area contributed by atoms with Crippen LogP contribution in [0.3, 0.4) is 0 Å². The zero-order chi connectivity index (χ0) is 12.3. The number of hydrazine groups is 1. The van der Waals surface area contributed by atoms with E-state index in [0.29, 0.717) is 6.54 Å². The first-order valence-corrected chi connectivity index (χ1v) is 4.89. The second kappa shape index (κ2) is 4.95. The normalized spacial score (nSPS) is 16.0. The van der Waals surface area contributed by atoms with Crippen molar-refractivity contribution in [2.75, 3.05) is 27.2 Å². The first kappa shape index (κ1) is 12.5. The smallest absolute Gasteiger partial charge is 0.295 e. The molecule has 0 aliphatic carbocycles. The molecule has 0 unspecified atom stereocenters. The van der Waals surface area contributed by atoms with Crippen molar-refractivity contribution in [3.05, 3.63) is 11.5 Å². The van der Waals surface area contributed by atoms with E-state index in [1.165, 1.54) is 0 Å². The van der Waals surface area contributed by atoms with E-state index >= 15 is 0 Å². The van der Waals surface area contributed by atoms with E-state index < -0.39 is 17.6 Å². The van der Waals surface area contributed by atoms with Crippen LogP contribution in [0.4, 0.5) is 0 Å². The molecule has 1 heterocycles. The maximum absolute atomic E-state index is 11.3. The average molecular weight is 228 g/mol. The van der Waals surface area contributed by atoms with Crippen LogP contribution in [0.2, 0.25) is 0 Å². The molecule has 7 heteroatoms. The lowest BCUT2D eigenvalue weighted by Crippen LogP contribution is -2.37. The van der Waals surface area contributed by atoms with Gasteiger partial charge >= 0.3 is 0 Å². The van der Waals surface area contributed by atoms with Crippen molar-refractivity contribution in [2.24, 2.45) is 5.84 Å². The van der Waals surface area contributed by atoms with Crippen molar-refractivity contribution < 1.29 is 14.7 Å². The monoisotopic (exact) mass is 228 g/mol. The van der Waals surface area contributed by atoms with E-state index in [4.69, 9.17) is 5.84 Å². The van der Waals surface area contributed by atoms with E-state index in [-0.39, 0.29) is 5.70 Å². The Morgan fingerprint density at radius 2 is 1.88 bits per heavy atom. The Morgan fingerprint density at radius 3 is 2.31 bits per heavy atom. The van der Waals surface area contributed by atoms with Crippen LogP contribution in [0.5, 0.6) is 0 Å². The van der Waals surface area contributed by atoms with Crippen LogP contribution >= 0.6 is 0 Å². The van der Waals surface area contributed by atoms with Gasteiger partial charge in [-0.25, -0.2) is 5.84 Å². The lowest BCUT2D eigenvalue weighted by atomic mass is 10.3. The van der Waals surface area contributed by atoms with Gasteiger partial charge in [-0.15, -0.1) is 0 Å². The van der Waals surface area contributed by atoms with Gasteiger partial charge < -0.3 is 15.0 Å². The largest absolute Gasteiger partial charge is 0.501 e. The summed E-state index contributed by atoms with van der Waals surface area (Å²) < 4.78 is 0. The minimum absolute atomic E-state index is 0.163. The summed E-state index contributed by atoms with van der Waals surface area (Å²) in [5.41, 5.74) is -0.163. The van der Waals surface area contributed by atoms with Crippen LogP contribution < -0.4 is 11.2 Å². The third-order valence-electron chi connectivity index (χ3n) is 2.17. The quantitative estimate of drug-likeness (QED) is 0.302. The fourth-order valence-electron chi connectivity index (χ4n) is 1.37. The Hall–Kier alpha value is -1.60. The lowest BCUT2D eigenvalue weighted by molar-refractivity contribution is -0.125. The molecule has 4 N–H and O–H groups in total. The summed E-state index contributed by atoms with van der Waals surface area (Å²) in [5.74, 6) is 3.52. The zero-order valence-electron chi connectivity index (χ0n) is 9.36. The molecule has 0 aromatic rings. The summed E-state index contributed by atoms with van der Waals surface area (Å²) in [6, 6.07) is 0. The summed E-state index contributed by atoms with van der Waals surface area (Å²) in [6.45, 7) is 1.19. The number of imide groups is 1. The molecule has 0 radical (unpaired) electrons. The average Bonchev–Trinajstić information content (AvgIpc) is 2.40. The van der Waals surface area contributed by atoms with Crippen molar-refractivity contribution in [3.8, 4) is 0 Å². The maximum Gasteiger partial charge on any atom is 0.295 e. The van der Waals surface area contributed by atoms with Crippen LogP contribution in [0, 0.1) is 0 Å². The Bertz CT molecular complexity index is 338. The van der Waals surface area contributed by atoms with E-state index in [1.54, 1.807) is 0 Å². The number of nitrogens with zero attached hydrogens (tertiary/aromatic N) is 2. The summed E-state index contributed by atoms with van der Waals surface area (Å²) >= 11 is 0. The molecule has 0 bridgehead atoms. The van der Waals surface area contributed by atoms with Crippen molar-refractivity contribution in [1.29, 1.82) is 0 Å². The first-order valence-electron chi connectivity index (χ1n) is 4.89. The highest BCUT2D eigenvalue weighted by Gasteiger charge is 2.32. The predicted molar refractivity (Wildman–Crippen MR) is 56.9 cm³/mol. The van der Waals surface area contributed by atoms with Gasteiger partial charge in [-0.1, -0.05) is 0 Å². The van der Waals surface area contributed by atoms with Gasteiger partial charge in [0.05, 0.1) is 0 Å². The SMILES string of the molecule is CN(C)CCCN(N)C1=C(O)C(=O)NC1=O. The molecule has 0 aromatic heterocycles. The molecule has 0 spiro atoms. The topological polar surface area (TPSA) is 98.9 Å². The molecule has 0 aromatic carbocycles. The third-order valence-corrected chi connectivity index (χ3v) is 2.17. The molecule has 90 valence electrons. The minimum Gasteiger partial charge on any atom is -0.501 e. The van der Waals surface area contributed by atoms with Crippen molar-refractivity contribution in [1.82, 2.24) is 15.2 Å². The molecular formula is C9H16N4O3. The number of carbonyl (C=O) groups is 2. The summed E-state index contributed by atoms with van der Waals surface area (Å²) in [7, 11) is 3.84. The molecule has 1 rings (SSSR count). The zero-order valence-corrected chi connectivity index (χ0v) is 9.36. The second-order valence-corrected chi connectivity index (χ2v) is 3.83. The van der Waals surface area contributed by atoms with Crippen LogP contribution in [0.25, 0.3) is 0 Å². The lowest BCUT2D eigenvalue weighted by Gasteiger charge is -2.19. The number of carbonyl (C=O) groups excluding carboxylic acids is 2. The van der Waals surface area contributed by atoms with Crippen molar-refractivity contribution in [2.45, 2.75) is 6.42 Å². The number of aliphatic hydroxyl groups is 1. The molecular weight excluding hydrogens is 212 g/mol. The molecule has 0 atom stereocenters. The number of hydrogen-bond acceptors (Lipinski definition) is 6. The Labute approximate surface area is 93.5 Å². The Kier molecular flexibility index (Phi) is 3.86. The van der Waals surface area contributed by atoms with Gasteiger partial charge in [-0.2, -0.15) is 0 Å². The van der Waals surface area contributed by atoms with Gasteiger partial charge in [0.15, 0.2) is 5.70 Å². The third kappa shape index (κ3) is 2.71. The van der Waals surface area contributed by atoms with E-state index in [1.807, 2.05) is 24.3 Å². The molecule has 16 heavy (non-hydrogen) atoms. The minimum atomic E-state index is -0.803. The van der Waals surface area contributed by atoms with Crippen LogP contribution in [-0.2, 0) is 9.59 Å². The molecule has 0 saturated carbocycles. The van der Waals surface area contributed by atoms with Gasteiger partial charge in [0.25, 0.3) is 11.8 Å². The Balaban J connectivity index is 2.57. The van der Waals surface area contributed by atoms with Gasteiger partial charge in [0.2, 0.25) is 5.76 Å². The molecule has 0 saturated heterocycles. The highest BCUT2D eigenvalue weighted by Crippen LogP contribution is 2.12. The number of nitrogens with two attached hydrogens (primary N) is 1.